The number of nitrogens with zero attached hydrogens (tertiary/aromatic N) is 3. The minimum absolute atomic E-state index is 0.0237. The molecule has 0 bridgehead atoms. The number of hydrogen-bond donors (Lipinski definition) is 3. The molecule has 33 heavy (non-hydrogen) atoms. The smallest absolute Gasteiger partial charge is 0.238 e. The number of amides is 1. The second kappa shape index (κ2) is 10.6. The zero-order valence-electron chi connectivity index (χ0n) is 19.6. The van der Waals surface area contributed by atoms with Gasteiger partial charge in [0.05, 0.1) is 18.3 Å². The van der Waals surface area contributed by atoms with Crippen LogP contribution in [0.5, 0.6) is 5.75 Å². The third-order valence-electron chi connectivity index (χ3n) is 5.95. The van der Waals surface area contributed by atoms with Crippen molar-refractivity contribution in [3.8, 4) is 5.75 Å². The molecule has 0 aliphatic carbocycles. The lowest BCUT2D eigenvalue weighted by Gasteiger charge is -2.43. The highest BCUT2D eigenvalue weighted by Crippen LogP contribution is 2.33. The van der Waals surface area contributed by atoms with E-state index in [0.29, 0.717) is 6.61 Å². The Kier molecular flexibility index (Phi) is 7.54. The summed E-state index contributed by atoms with van der Waals surface area (Å²) >= 11 is 1.61. The predicted octanol–water partition coefficient (Wildman–Crippen LogP) is 2.96. The van der Waals surface area contributed by atoms with Crippen molar-refractivity contribution in [2.75, 3.05) is 38.6 Å². The van der Waals surface area contributed by atoms with E-state index in [0.717, 1.165) is 46.0 Å². The molecule has 1 aromatic carbocycles. The molecule has 176 valence electrons. The fraction of sp³-hybridized carbons (Fsp3) is 0.458. The van der Waals surface area contributed by atoms with Gasteiger partial charge in [-0.3, -0.25) is 9.69 Å². The number of rotatable bonds is 8. The highest BCUT2D eigenvalue weighted by Gasteiger charge is 2.35. The molecular weight excluding hydrogens is 436 g/mol. The monoisotopic (exact) mass is 468 g/mol. The molecule has 0 radical (unpaired) electrons. The number of carbonyl (C=O) groups is 1. The van der Waals surface area contributed by atoms with Gasteiger partial charge in [0.1, 0.15) is 23.5 Å². The van der Waals surface area contributed by atoms with Crippen LogP contribution in [0.2, 0.25) is 0 Å². The lowest BCUT2D eigenvalue weighted by molar-refractivity contribution is -0.118. The van der Waals surface area contributed by atoms with Crippen LogP contribution in [0.3, 0.4) is 0 Å². The minimum Gasteiger partial charge on any atom is -0.492 e. The van der Waals surface area contributed by atoms with Crippen LogP contribution < -0.4 is 20.7 Å². The van der Waals surface area contributed by atoms with Gasteiger partial charge in [-0.15, -0.1) is 11.3 Å². The van der Waals surface area contributed by atoms with Gasteiger partial charge in [0, 0.05) is 42.3 Å². The number of nitrogens with one attached hydrogen (secondary N) is 3. The minimum atomic E-state index is -0.0487. The first-order chi connectivity index (χ1) is 16.0. The number of ether oxygens (including phenoxy) is 1. The number of aromatic nitrogens is 2. The maximum Gasteiger partial charge on any atom is 0.238 e. The largest absolute Gasteiger partial charge is 0.492 e. The number of aryl methyl sites for hydroxylation is 1. The molecule has 0 spiro atoms. The zero-order valence-corrected chi connectivity index (χ0v) is 20.4. The lowest BCUT2D eigenvalue weighted by Crippen LogP contribution is -2.57. The number of carbonyl (C=O) groups excluding carboxylic acids is 1. The van der Waals surface area contributed by atoms with Gasteiger partial charge in [0.2, 0.25) is 5.91 Å². The van der Waals surface area contributed by atoms with E-state index in [-0.39, 0.29) is 30.6 Å². The molecule has 8 nitrogen and oxygen atoms in total. The summed E-state index contributed by atoms with van der Waals surface area (Å²) in [6.45, 7) is 8.65. The van der Waals surface area contributed by atoms with Crippen LogP contribution in [0.4, 0.5) is 5.69 Å². The third kappa shape index (κ3) is 5.50. The topological polar surface area (TPSA) is 91.4 Å². The van der Waals surface area contributed by atoms with Crippen LogP contribution in [0.15, 0.2) is 36.0 Å². The average Bonchev–Trinajstić information content (AvgIpc) is 3.25. The van der Waals surface area contributed by atoms with Gasteiger partial charge in [-0.25, -0.2) is 9.97 Å². The Bertz CT molecular complexity index is 1100. The first-order valence-corrected chi connectivity index (χ1v) is 12.2. The van der Waals surface area contributed by atoms with E-state index < -0.39 is 0 Å². The van der Waals surface area contributed by atoms with E-state index in [9.17, 15) is 4.79 Å². The number of anilines is 1. The highest BCUT2D eigenvalue weighted by atomic mass is 32.1. The summed E-state index contributed by atoms with van der Waals surface area (Å²) in [6.07, 6.45) is 1.63. The Morgan fingerprint density at radius 3 is 2.97 bits per heavy atom. The van der Waals surface area contributed by atoms with Crippen molar-refractivity contribution in [3.05, 3.63) is 47.2 Å². The van der Waals surface area contributed by atoms with Crippen molar-refractivity contribution in [2.45, 2.75) is 38.9 Å². The van der Waals surface area contributed by atoms with E-state index in [2.05, 4.69) is 50.7 Å². The molecule has 1 amide bonds. The van der Waals surface area contributed by atoms with Gasteiger partial charge in [0.25, 0.3) is 0 Å². The number of hydrogen-bond acceptors (Lipinski definition) is 8. The fourth-order valence-corrected chi connectivity index (χ4v) is 5.20. The fourth-order valence-electron chi connectivity index (χ4n) is 4.46. The highest BCUT2D eigenvalue weighted by molar-refractivity contribution is 7.16. The van der Waals surface area contributed by atoms with Crippen LogP contribution in [0.25, 0.3) is 10.2 Å². The zero-order chi connectivity index (χ0) is 23.4. The van der Waals surface area contributed by atoms with Crippen molar-refractivity contribution in [1.82, 2.24) is 25.5 Å². The molecule has 3 aromatic rings. The Morgan fingerprint density at radius 2 is 2.15 bits per heavy atom. The summed E-state index contributed by atoms with van der Waals surface area (Å²) in [7, 11) is 1.89. The lowest BCUT2D eigenvalue weighted by atomic mass is 9.97. The van der Waals surface area contributed by atoms with Gasteiger partial charge < -0.3 is 20.7 Å². The summed E-state index contributed by atoms with van der Waals surface area (Å²) in [4.78, 5) is 25.4. The van der Waals surface area contributed by atoms with Gasteiger partial charge in [-0.05, 0) is 50.9 Å². The maximum absolute atomic E-state index is 13.2. The molecule has 3 heterocycles. The standard InChI is InChI=1S/C24H32N6O2S/c1-15-5-6-18(32-9-8-25-4)11-20(15)29-21(31)13-30-12-16(2)28-17(3)23(30)22-19-7-10-33-24(19)27-14-26-22/h5-7,10-11,14,16-17,23,25,28H,8-9,12-13H2,1-4H3,(H,29,31)/t16?,17-,23-/m0/s1. The Hall–Kier alpha value is -2.59. The molecule has 2 aromatic heterocycles. The second-order valence-electron chi connectivity index (χ2n) is 8.61. The number of fused-ring (bicyclic) bond motifs is 1. The molecular formula is C24H32N6O2S. The quantitative estimate of drug-likeness (QED) is 0.438. The van der Waals surface area contributed by atoms with Crippen molar-refractivity contribution < 1.29 is 9.53 Å². The Balaban J connectivity index is 1.52. The Morgan fingerprint density at radius 1 is 1.30 bits per heavy atom. The van der Waals surface area contributed by atoms with Crippen molar-refractivity contribution in [3.63, 3.8) is 0 Å². The predicted molar refractivity (Wildman–Crippen MR) is 133 cm³/mol. The normalized spacial score (nSPS) is 21.3. The number of thiophene rings is 1. The van der Waals surface area contributed by atoms with Crippen LogP contribution in [-0.4, -0.2) is 66.1 Å². The molecule has 3 N–H and O–H groups in total. The summed E-state index contributed by atoms with van der Waals surface area (Å²) in [5, 5.41) is 12.9. The van der Waals surface area contributed by atoms with Gasteiger partial charge in [0.15, 0.2) is 0 Å². The molecule has 1 unspecified atom stereocenters. The van der Waals surface area contributed by atoms with Gasteiger partial charge in [-0.2, -0.15) is 0 Å². The van der Waals surface area contributed by atoms with Crippen molar-refractivity contribution >= 4 is 33.1 Å². The molecule has 4 rings (SSSR count). The van der Waals surface area contributed by atoms with Crippen molar-refractivity contribution in [1.29, 1.82) is 0 Å². The van der Waals surface area contributed by atoms with Gasteiger partial charge in [-0.1, -0.05) is 6.07 Å². The van der Waals surface area contributed by atoms with Crippen LogP contribution in [0.1, 0.15) is 31.1 Å². The van der Waals surface area contributed by atoms with Crippen LogP contribution >= 0.6 is 11.3 Å². The first-order valence-electron chi connectivity index (χ1n) is 11.3. The van der Waals surface area contributed by atoms with E-state index in [1.165, 1.54) is 0 Å². The first kappa shape index (κ1) is 23.6. The maximum atomic E-state index is 13.2. The number of likely N-dealkylation sites (N-methyl/N-ethyl adjacent to an activating group) is 1. The molecule has 1 aliphatic heterocycles. The second-order valence-corrected chi connectivity index (χ2v) is 9.50. The molecule has 3 atom stereocenters. The number of benzene rings is 1. The van der Waals surface area contributed by atoms with Crippen molar-refractivity contribution in [2.24, 2.45) is 0 Å². The van der Waals surface area contributed by atoms with Crippen LogP contribution in [-0.2, 0) is 4.79 Å². The SMILES string of the molecule is CNCCOc1ccc(C)c(NC(=O)CN2CC(C)N[C@@H](C)[C@H]2c2ncnc3sccc23)c1. The summed E-state index contributed by atoms with van der Waals surface area (Å²) in [5.41, 5.74) is 2.74. The number of piperazine rings is 1. The van der Waals surface area contributed by atoms with E-state index in [1.54, 1.807) is 17.7 Å². The summed E-state index contributed by atoms with van der Waals surface area (Å²) < 4.78 is 5.76. The third-order valence-corrected chi connectivity index (χ3v) is 6.77. The molecule has 1 fully saturated rings. The average molecular weight is 469 g/mol. The van der Waals surface area contributed by atoms with Gasteiger partial charge >= 0.3 is 0 Å². The molecule has 0 saturated carbocycles. The van der Waals surface area contributed by atoms with E-state index >= 15 is 0 Å². The summed E-state index contributed by atoms with van der Waals surface area (Å²) in [5.74, 6) is 0.696. The summed E-state index contributed by atoms with van der Waals surface area (Å²) in [6, 6.07) is 8.25. The molecule has 1 saturated heterocycles. The van der Waals surface area contributed by atoms with E-state index in [4.69, 9.17) is 4.74 Å². The van der Waals surface area contributed by atoms with E-state index in [1.807, 2.05) is 37.6 Å². The molecule has 9 heteroatoms. The van der Waals surface area contributed by atoms with Crippen LogP contribution in [0, 0.1) is 6.92 Å². The Labute approximate surface area is 198 Å². The molecule has 1 aliphatic rings.